The summed E-state index contributed by atoms with van der Waals surface area (Å²) in [5.74, 6) is -0.132. The summed E-state index contributed by atoms with van der Waals surface area (Å²) in [6.45, 7) is 1.80. The van der Waals surface area contributed by atoms with Crippen molar-refractivity contribution in [2.24, 2.45) is 0 Å². The first-order valence-corrected chi connectivity index (χ1v) is 8.23. The van der Waals surface area contributed by atoms with Gasteiger partial charge in [-0.3, -0.25) is 4.79 Å². The first-order chi connectivity index (χ1) is 9.54. The fraction of sp³-hybridized carbons (Fsp3) is 0.667. The second-order valence-corrected chi connectivity index (χ2v) is 7.51. The maximum Gasteiger partial charge on any atom is 0.234 e. The van der Waals surface area contributed by atoms with Crippen LogP contribution in [0.3, 0.4) is 0 Å². The van der Waals surface area contributed by atoms with Gasteiger partial charge in [0.15, 0.2) is 4.34 Å². The van der Waals surface area contributed by atoms with Gasteiger partial charge in [-0.1, -0.05) is 42.4 Å². The van der Waals surface area contributed by atoms with Crippen molar-refractivity contribution in [3.05, 3.63) is 0 Å². The largest absolute Gasteiger partial charge is 0.374 e. The minimum absolute atomic E-state index is 0.132. The maximum absolute atomic E-state index is 12.2. The lowest BCUT2D eigenvalue weighted by molar-refractivity contribution is -0.121. The average molecular weight is 311 g/mol. The minimum Gasteiger partial charge on any atom is -0.374 e. The molecular weight excluding hydrogens is 294 g/mol. The van der Waals surface area contributed by atoms with E-state index in [1.54, 1.807) is 6.92 Å². The van der Waals surface area contributed by atoms with Gasteiger partial charge in [0, 0.05) is 0 Å². The van der Waals surface area contributed by atoms with Gasteiger partial charge in [0.05, 0.1) is 11.3 Å². The van der Waals surface area contributed by atoms with E-state index in [2.05, 4.69) is 21.6 Å². The second kappa shape index (κ2) is 6.41. The van der Waals surface area contributed by atoms with Crippen LogP contribution in [0.25, 0.3) is 0 Å². The number of aromatic nitrogens is 2. The van der Waals surface area contributed by atoms with E-state index < -0.39 is 5.54 Å². The number of nitrogens with two attached hydrogens (primary N) is 1. The second-order valence-electron chi connectivity index (χ2n) is 4.91. The summed E-state index contributed by atoms with van der Waals surface area (Å²) in [4.78, 5) is 12.2. The average Bonchev–Trinajstić information content (AvgIpc) is 2.85. The van der Waals surface area contributed by atoms with Crippen LogP contribution in [0.4, 0.5) is 5.13 Å². The van der Waals surface area contributed by atoms with Gasteiger partial charge >= 0.3 is 0 Å². The first-order valence-electron chi connectivity index (χ1n) is 6.53. The van der Waals surface area contributed by atoms with Gasteiger partial charge in [0.2, 0.25) is 11.0 Å². The van der Waals surface area contributed by atoms with E-state index in [4.69, 9.17) is 5.73 Å². The van der Waals surface area contributed by atoms with E-state index in [0.29, 0.717) is 9.47 Å². The Bertz CT molecular complexity index is 518. The number of carbonyl (C=O) groups excluding carboxylic acids is 1. The van der Waals surface area contributed by atoms with Gasteiger partial charge in [-0.15, -0.1) is 10.2 Å². The van der Waals surface area contributed by atoms with Crippen molar-refractivity contribution in [2.45, 2.75) is 54.2 Å². The fourth-order valence-electron chi connectivity index (χ4n) is 2.23. The summed E-state index contributed by atoms with van der Waals surface area (Å²) in [7, 11) is 0. The highest BCUT2D eigenvalue weighted by atomic mass is 32.2. The number of hydrogen-bond donors (Lipinski definition) is 2. The zero-order valence-corrected chi connectivity index (χ0v) is 12.9. The van der Waals surface area contributed by atoms with Crippen molar-refractivity contribution in [3.63, 3.8) is 0 Å². The number of nitrogen functional groups attached to an aromatic ring is 1. The topological polar surface area (TPSA) is 105 Å². The quantitative estimate of drug-likeness (QED) is 0.823. The fourth-order valence-corrected chi connectivity index (χ4v) is 4.01. The Morgan fingerprint density at radius 2 is 2.20 bits per heavy atom. The number of rotatable bonds is 4. The molecule has 6 nitrogen and oxygen atoms in total. The molecule has 0 radical (unpaired) electrons. The number of carbonyl (C=O) groups is 1. The normalized spacial score (nSPS) is 19.0. The number of thioether (sulfide) groups is 1. The van der Waals surface area contributed by atoms with Gasteiger partial charge < -0.3 is 11.1 Å². The highest BCUT2D eigenvalue weighted by Gasteiger charge is 2.35. The summed E-state index contributed by atoms with van der Waals surface area (Å²) in [6, 6.07) is 2.28. The molecule has 1 aromatic rings. The molecule has 1 aliphatic carbocycles. The standard InChI is InChI=1S/C12H17N5OS2/c1-8(19-11-17-16-10(14)20-11)9(18)15-12(7-13)5-3-2-4-6-12/h8H,2-6H2,1H3,(H2,14,16)(H,15,18). The van der Waals surface area contributed by atoms with Gasteiger partial charge in [0.1, 0.15) is 5.54 Å². The maximum atomic E-state index is 12.2. The number of nitrogens with zero attached hydrogens (tertiary/aromatic N) is 3. The summed E-state index contributed by atoms with van der Waals surface area (Å²) in [6.07, 6.45) is 4.58. The Morgan fingerprint density at radius 1 is 1.50 bits per heavy atom. The Balaban J connectivity index is 1.94. The van der Waals surface area contributed by atoms with Crippen molar-refractivity contribution >= 4 is 34.1 Å². The molecular formula is C12H17N5OS2. The van der Waals surface area contributed by atoms with Crippen molar-refractivity contribution < 1.29 is 4.79 Å². The van der Waals surface area contributed by atoms with E-state index in [1.165, 1.54) is 23.1 Å². The smallest absolute Gasteiger partial charge is 0.234 e. The molecule has 0 spiro atoms. The molecule has 0 saturated heterocycles. The number of amides is 1. The van der Waals surface area contributed by atoms with Crippen LogP contribution in [-0.4, -0.2) is 26.9 Å². The van der Waals surface area contributed by atoms with E-state index in [9.17, 15) is 10.1 Å². The first kappa shape index (κ1) is 15.1. The lowest BCUT2D eigenvalue weighted by Gasteiger charge is -2.32. The van der Waals surface area contributed by atoms with Crippen molar-refractivity contribution in [2.75, 3.05) is 5.73 Å². The molecule has 108 valence electrons. The van der Waals surface area contributed by atoms with Crippen LogP contribution in [-0.2, 0) is 4.79 Å². The summed E-state index contributed by atoms with van der Waals surface area (Å²) >= 11 is 2.57. The molecule has 1 unspecified atom stereocenters. The molecule has 1 atom stereocenters. The van der Waals surface area contributed by atoms with Crippen LogP contribution >= 0.6 is 23.1 Å². The predicted molar refractivity (Wildman–Crippen MR) is 79.2 cm³/mol. The zero-order valence-electron chi connectivity index (χ0n) is 11.3. The van der Waals surface area contributed by atoms with Crippen molar-refractivity contribution in [3.8, 4) is 6.07 Å². The Morgan fingerprint density at radius 3 is 2.75 bits per heavy atom. The molecule has 1 amide bonds. The lowest BCUT2D eigenvalue weighted by Crippen LogP contribution is -2.50. The molecule has 20 heavy (non-hydrogen) atoms. The summed E-state index contributed by atoms with van der Waals surface area (Å²) < 4.78 is 0.666. The molecule has 8 heteroatoms. The number of anilines is 1. The van der Waals surface area contributed by atoms with Crippen LogP contribution in [0.1, 0.15) is 39.0 Å². The number of nitriles is 1. The summed E-state index contributed by atoms with van der Waals surface area (Å²) in [5, 5.41) is 19.9. The van der Waals surface area contributed by atoms with Crippen LogP contribution < -0.4 is 11.1 Å². The predicted octanol–water partition coefficient (Wildman–Crippen LogP) is 1.94. The van der Waals surface area contributed by atoms with Gasteiger partial charge in [-0.2, -0.15) is 5.26 Å². The zero-order chi connectivity index (χ0) is 14.6. The van der Waals surface area contributed by atoms with E-state index >= 15 is 0 Å². The molecule has 3 N–H and O–H groups in total. The van der Waals surface area contributed by atoms with E-state index in [0.717, 1.165) is 32.1 Å². The highest BCUT2D eigenvalue weighted by Crippen LogP contribution is 2.30. The molecule has 1 aromatic heterocycles. The molecule has 1 aliphatic rings. The van der Waals surface area contributed by atoms with Crippen LogP contribution in [0.2, 0.25) is 0 Å². The summed E-state index contributed by atoms with van der Waals surface area (Å²) in [5.41, 5.74) is 4.82. The number of hydrogen-bond acceptors (Lipinski definition) is 7. The third-order valence-electron chi connectivity index (χ3n) is 3.35. The molecule has 1 fully saturated rings. The third kappa shape index (κ3) is 3.61. The van der Waals surface area contributed by atoms with Crippen molar-refractivity contribution in [1.82, 2.24) is 15.5 Å². The molecule has 1 heterocycles. The molecule has 0 aromatic carbocycles. The molecule has 1 saturated carbocycles. The van der Waals surface area contributed by atoms with E-state index in [-0.39, 0.29) is 11.2 Å². The monoisotopic (exact) mass is 311 g/mol. The van der Waals surface area contributed by atoms with Crippen LogP contribution in [0.15, 0.2) is 4.34 Å². The third-order valence-corrected chi connectivity index (χ3v) is 5.29. The van der Waals surface area contributed by atoms with Gasteiger partial charge in [-0.05, 0) is 19.8 Å². The Hall–Kier alpha value is -1.33. The SMILES string of the molecule is CC(Sc1nnc(N)s1)C(=O)NC1(C#N)CCCCC1. The molecule has 0 aliphatic heterocycles. The minimum atomic E-state index is -0.690. The molecule has 2 rings (SSSR count). The molecule has 0 bridgehead atoms. The van der Waals surface area contributed by atoms with Crippen molar-refractivity contribution in [1.29, 1.82) is 5.26 Å². The Kier molecular flexibility index (Phi) is 4.83. The number of nitrogens with one attached hydrogen (secondary N) is 1. The van der Waals surface area contributed by atoms with Gasteiger partial charge in [-0.25, -0.2) is 0 Å². The highest BCUT2D eigenvalue weighted by molar-refractivity contribution is 8.02. The Labute approximate surface area is 126 Å². The van der Waals surface area contributed by atoms with E-state index in [1.807, 2.05) is 0 Å². The van der Waals surface area contributed by atoms with Crippen LogP contribution in [0.5, 0.6) is 0 Å². The van der Waals surface area contributed by atoms with Crippen LogP contribution in [0, 0.1) is 11.3 Å². The van der Waals surface area contributed by atoms with Gasteiger partial charge in [0.25, 0.3) is 0 Å². The lowest BCUT2D eigenvalue weighted by atomic mass is 9.83.